The smallest absolute Gasteiger partial charge is 0.242 e. The van der Waals surface area contributed by atoms with E-state index in [1.165, 1.54) is 17.5 Å². The lowest BCUT2D eigenvalue weighted by Gasteiger charge is -2.33. The van der Waals surface area contributed by atoms with E-state index < -0.39 is 0 Å². The summed E-state index contributed by atoms with van der Waals surface area (Å²) in [6, 6.07) is 8.53. The van der Waals surface area contributed by atoms with Crippen LogP contribution in [0.15, 0.2) is 24.3 Å². The van der Waals surface area contributed by atoms with E-state index in [2.05, 4.69) is 29.6 Å². The molecule has 0 radical (unpaired) electrons. The number of carbonyl (C=O) groups excluding carboxylic acids is 2. The Morgan fingerprint density at radius 3 is 2.95 bits per heavy atom. The molecule has 1 saturated heterocycles. The predicted octanol–water partition coefficient (Wildman–Crippen LogP) is 1.84. The molecule has 4 heteroatoms. The van der Waals surface area contributed by atoms with Crippen LogP contribution >= 0.6 is 0 Å². The van der Waals surface area contributed by atoms with Crippen LogP contribution in [0.1, 0.15) is 43.2 Å². The molecule has 1 aliphatic carbocycles. The molecular formula is C17H22N2O2. The van der Waals surface area contributed by atoms with Crippen LogP contribution in [-0.4, -0.2) is 35.8 Å². The highest BCUT2D eigenvalue weighted by Gasteiger charge is 2.30. The number of hydrogen-bond donors (Lipinski definition) is 1. The Labute approximate surface area is 125 Å². The van der Waals surface area contributed by atoms with Gasteiger partial charge in [-0.25, -0.2) is 0 Å². The number of rotatable bonds is 2. The minimum Gasteiger partial charge on any atom is -0.347 e. The topological polar surface area (TPSA) is 49.4 Å². The number of carbonyl (C=O) groups is 2. The van der Waals surface area contributed by atoms with Gasteiger partial charge in [-0.3, -0.25) is 9.59 Å². The number of aryl methyl sites for hydroxylation is 1. The molecule has 1 fully saturated rings. The van der Waals surface area contributed by atoms with E-state index in [9.17, 15) is 9.59 Å². The monoisotopic (exact) mass is 286 g/mol. The maximum absolute atomic E-state index is 12.3. The molecule has 4 nitrogen and oxygen atoms in total. The molecule has 0 saturated carbocycles. The highest BCUT2D eigenvalue weighted by atomic mass is 16.2. The maximum Gasteiger partial charge on any atom is 0.242 e. The van der Waals surface area contributed by atoms with Crippen molar-refractivity contribution in [2.45, 2.75) is 44.6 Å². The van der Waals surface area contributed by atoms with Gasteiger partial charge in [0.1, 0.15) is 0 Å². The molecule has 0 aromatic heterocycles. The molecule has 2 unspecified atom stereocenters. The number of nitrogens with one attached hydrogen (secondary N) is 1. The number of benzene rings is 1. The van der Waals surface area contributed by atoms with Gasteiger partial charge in [-0.15, -0.1) is 0 Å². The summed E-state index contributed by atoms with van der Waals surface area (Å²) in [7, 11) is 0. The SMILES string of the molecule is CC1CC(=O)NCC(=O)N1CC1CCCc2ccccc21. The van der Waals surface area contributed by atoms with E-state index in [1.54, 1.807) is 0 Å². The standard InChI is InChI=1S/C17H22N2O2/c1-12-9-16(20)18-10-17(21)19(12)11-14-7-4-6-13-5-2-3-8-15(13)14/h2-3,5,8,12,14H,4,6-7,9-11H2,1H3,(H,18,20). The fourth-order valence-corrected chi connectivity index (χ4v) is 3.54. The molecule has 2 amide bonds. The lowest BCUT2D eigenvalue weighted by atomic mass is 9.82. The van der Waals surface area contributed by atoms with Gasteiger partial charge in [0.05, 0.1) is 6.54 Å². The summed E-state index contributed by atoms with van der Waals surface area (Å²) in [6.45, 7) is 2.83. The fourth-order valence-electron chi connectivity index (χ4n) is 3.54. The van der Waals surface area contributed by atoms with Crippen molar-refractivity contribution < 1.29 is 9.59 Å². The molecule has 2 atom stereocenters. The van der Waals surface area contributed by atoms with Crippen molar-refractivity contribution >= 4 is 11.8 Å². The first-order valence-electron chi connectivity index (χ1n) is 7.79. The van der Waals surface area contributed by atoms with Crippen molar-refractivity contribution in [1.29, 1.82) is 0 Å². The molecule has 3 rings (SSSR count). The molecule has 21 heavy (non-hydrogen) atoms. The number of fused-ring (bicyclic) bond motifs is 1. The Kier molecular flexibility index (Phi) is 3.95. The molecule has 112 valence electrons. The quantitative estimate of drug-likeness (QED) is 0.902. The molecular weight excluding hydrogens is 264 g/mol. The summed E-state index contributed by atoms with van der Waals surface area (Å²) >= 11 is 0. The number of nitrogens with zero attached hydrogens (tertiary/aromatic N) is 1. The summed E-state index contributed by atoms with van der Waals surface area (Å²) in [5.74, 6) is 0.411. The van der Waals surface area contributed by atoms with Crippen molar-refractivity contribution in [2.24, 2.45) is 0 Å². The summed E-state index contributed by atoms with van der Waals surface area (Å²) in [6.07, 6.45) is 3.83. The summed E-state index contributed by atoms with van der Waals surface area (Å²) in [5.41, 5.74) is 2.80. The van der Waals surface area contributed by atoms with Gasteiger partial charge in [0, 0.05) is 24.9 Å². The lowest BCUT2D eigenvalue weighted by Crippen LogP contribution is -2.42. The van der Waals surface area contributed by atoms with Crippen LogP contribution in [0.4, 0.5) is 0 Å². The Hall–Kier alpha value is -1.84. The largest absolute Gasteiger partial charge is 0.347 e. The van der Waals surface area contributed by atoms with Gasteiger partial charge in [0.25, 0.3) is 0 Å². The lowest BCUT2D eigenvalue weighted by molar-refractivity contribution is -0.131. The van der Waals surface area contributed by atoms with Crippen LogP contribution in [0, 0.1) is 0 Å². The minimum atomic E-state index is -0.0256. The van der Waals surface area contributed by atoms with Crippen LogP contribution in [-0.2, 0) is 16.0 Å². The van der Waals surface area contributed by atoms with Crippen LogP contribution in [0.3, 0.4) is 0 Å². The third-order valence-corrected chi connectivity index (χ3v) is 4.68. The van der Waals surface area contributed by atoms with E-state index in [0.717, 1.165) is 19.4 Å². The Morgan fingerprint density at radius 1 is 1.29 bits per heavy atom. The molecule has 0 bridgehead atoms. The molecule has 1 heterocycles. The van der Waals surface area contributed by atoms with Crippen molar-refractivity contribution in [3.05, 3.63) is 35.4 Å². The van der Waals surface area contributed by atoms with E-state index in [4.69, 9.17) is 0 Å². The predicted molar refractivity (Wildman–Crippen MR) is 80.9 cm³/mol. The molecule has 1 aromatic carbocycles. The average Bonchev–Trinajstić information content (AvgIpc) is 2.60. The zero-order valence-electron chi connectivity index (χ0n) is 12.5. The second kappa shape index (κ2) is 5.88. The Morgan fingerprint density at radius 2 is 2.10 bits per heavy atom. The normalized spacial score (nSPS) is 26.0. The Bertz CT molecular complexity index is 555. The second-order valence-electron chi connectivity index (χ2n) is 6.16. The first-order chi connectivity index (χ1) is 10.1. The summed E-state index contributed by atoms with van der Waals surface area (Å²) in [4.78, 5) is 25.7. The van der Waals surface area contributed by atoms with Crippen LogP contribution < -0.4 is 5.32 Å². The number of amides is 2. The fraction of sp³-hybridized carbons (Fsp3) is 0.529. The minimum absolute atomic E-state index is 0.0194. The van der Waals surface area contributed by atoms with Gasteiger partial charge in [0.2, 0.25) is 11.8 Å². The van der Waals surface area contributed by atoms with Gasteiger partial charge < -0.3 is 10.2 Å². The van der Waals surface area contributed by atoms with Gasteiger partial charge >= 0.3 is 0 Å². The average molecular weight is 286 g/mol. The van der Waals surface area contributed by atoms with Crippen molar-refractivity contribution in [1.82, 2.24) is 10.2 Å². The van der Waals surface area contributed by atoms with E-state index in [1.807, 2.05) is 11.8 Å². The highest BCUT2D eigenvalue weighted by Crippen LogP contribution is 2.32. The first kappa shape index (κ1) is 14.1. The summed E-state index contributed by atoms with van der Waals surface area (Å²) in [5, 5.41) is 2.68. The molecule has 1 N–H and O–H groups in total. The van der Waals surface area contributed by atoms with Crippen molar-refractivity contribution in [3.8, 4) is 0 Å². The van der Waals surface area contributed by atoms with Crippen LogP contribution in [0.25, 0.3) is 0 Å². The molecule has 2 aliphatic rings. The Balaban J connectivity index is 1.80. The zero-order valence-corrected chi connectivity index (χ0v) is 12.5. The maximum atomic E-state index is 12.3. The van der Waals surface area contributed by atoms with Crippen molar-refractivity contribution in [2.75, 3.05) is 13.1 Å². The van der Waals surface area contributed by atoms with E-state index >= 15 is 0 Å². The van der Waals surface area contributed by atoms with E-state index in [0.29, 0.717) is 12.3 Å². The second-order valence-corrected chi connectivity index (χ2v) is 6.16. The van der Waals surface area contributed by atoms with Crippen LogP contribution in [0.5, 0.6) is 0 Å². The van der Waals surface area contributed by atoms with E-state index in [-0.39, 0.29) is 24.4 Å². The molecule has 0 spiro atoms. The third-order valence-electron chi connectivity index (χ3n) is 4.68. The molecule has 1 aromatic rings. The summed E-state index contributed by atoms with van der Waals surface area (Å²) < 4.78 is 0. The van der Waals surface area contributed by atoms with Crippen LogP contribution in [0.2, 0.25) is 0 Å². The van der Waals surface area contributed by atoms with Gasteiger partial charge in [-0.1, -0.05) is 24.3 Å². The van der Waals surface area contributed by atoms with Crippen molar-refractivity contribution in [3.63, 3.8) is 0 Å². The highest BCUT2D eigenvalue weighted by molar-refractivity contribution is 5.87. The van der Waals surface area contributed by atoms with Gasteiger partial charge in [-0.05, 0) is 37.3 Å². The van der Waals surface area contributed by atoms with Gasteiger partial charge in [-0.2, -0.15) is 0 Å². The first-order valence-corrected chi connectivity index (χ1v) is 7.79. The molecule has 1 aliphatic heterocycles. The number of hydrogen-bond acceptors (Lipinski definition) is 2. The third kappa shape index (κ3) is 2.94. The zero-order chi connectivity index (χ0) is 14.8. The van der Waals surface area contributed by atoms with Gasteiger partial charge in [0.15, 0.2) is 0 Å².